The third-order valence-electron chi connectivity index (χ3n) is 6.36. The molecule has 1 heterocycles. The van der Waals surface area contributed by atoms with Gasteiger partial charge in [0.25, 0.3) is 0 Å². The Kier molecular flexibility index (Phi) is 7.90. The van der Waals surface area contributed by atoms with Crippen molar-refractivity contribution in [3.05, 3.63) is 130 Å². The van der Waals surface area contributed by atoms with Gasteiger partial charge in [-0.3, -0.25) is 9.59 Å². The number of halogens is 1. The van der Waals surface area contributed by atoms with Crippen molar-refractivity contribution in [2.45, 2.75) is 25.6 Å². The lowest BCUT2D eigenvalue weighted by Crippen LogP contribution is -2.43. The molecule has 0 spiro atoms. The smallest absolute Gasteiger partial charge is 0.247 e. The molecule has 0 saturated carbocycles. The molecule has 0 radical (unpaired) electrons. The zero-order chi connectivity index (χ0) is 26.3. The van der Waals surface area contributed by atoms with E-state index in [0.717, 1.165) is 22.3 Å². The lowest BCUT2D eigenvalue weighted by molar-refractivity contribution is -0.141. The van der Waals surface area contributed by atoms with Crippen LogP contribution in [0, 0.1) is 0 Å². The molecule has 4 aromatic rings. The third-order valence-corrected chi connectivity index (χ3v) is 6.62. The lowest BCUT2D eigenvalue weighted by atomic mass is 10.0. The third kappa shape index (κ3) is 6.15. The standard InChI is InChI=1S/C31H27ClN2O4/c32-26-14-11-23(12-15-26)20-34(29(35)18-22-7-3-1-4-8-22)30(25-9-5-2-6-10-25)31(36)33-19-24-13-16-27-28(17-24)38-21-37-27/h1-17,30H,18-21H2,(H,33,36). The van der Waals surface area contributed by atoms with Crippen LogP contribution >= 0.6 is 11.6 Å². The summed E-state index contributed by atoms with van der Waals surface area (Å²) < 4.78 is 10.9. The summed E-state index contributed by atoms with van der Waals surface area (Å²) in [5, 5.41) is 3.64. The van der Waals surface area contributed by atoms with Gasteiger partial charge in [0.05, 0.1) is 6.42 Å². The molecule has 5 rings (SSSR count). The first kappa shape index (κ1) is 25.4. The predicted molar refractivity (Wildman–Crippen MR) is 146 cm³/mol. The number of carbonyl (C=O) groups is 2. The number of nitrogens with zero attached hydrogens (tertiary/aromatic N) is 1. The van der Waals surface area contributed by atoms with Gasteiger partial charge in [0.2, 0.25) is 18.6 Å². The lowest BCUT2D eigenvalue weighted by Gasteiger charge is -2.32. The van der Waals surface area contributed by atoms with Crippen LogP contribution in [0.1, 0.15) is 28.3 Å². The maximum atomic E-state index is 13.8. The van der Waals surface area contributed by atoms with E-state index in [1.807, 2.05) is 91.0 Å². The fourth-order valence-corrected chi connectivity index (χ4v) is 4.55. The fourth-order valence-electron chi connectivity index (χ4n) is 4.43. The molecule has 0 fully saturated rings. The minimum Gasteiger partial charge on any atom is -0.454 e. The van der Waals surface area contributed by atoms with E-state index >= 15 is 0 Å². The van der Waals surface area contributed by atoms with E-state index in [4.69, 9.17) is 21.1 Å². The van der Waals surface area contributed by atoms with Crippen LogP contribution in [0.25, 0.3) is 0 Å². The SMILES string of the molecule is O=C(NCc1ccc2c(c1)OCO2)C(c1ccccc1)N(Cc1ccc(Cl)cc1)C(=O)Cc1ccccc1. The Bertz CT molecular complexity index is 1390. The van der Waals surface area contributed by atoms with Crippen molar-refractivity contribution in [3.8, 4) is 11.5 Å². The van der Waals surface area contributed by atoms with Crippen molar-refractivity contribution >= 4 is 23.4 Å². The van der Waals surface area contributed by atoms with Gasteiger partial charge in [0, 0.05) is 18.1 Å². The number of fused-ring (bicyclic) bond motifs is 1. The van der Waals surface area contributed by atoms with Gasteiger partial charge >= 0.3 is 0 Å². The van der Waals surface area contributed by atoms with Gasteiger partial charge in [0.1, 0.15) is 6.04 Å². The first-order valence-corrected chi connectivity index (χ1v) is 12.7. The zero-order valence-corrected chi connectivity index (χ0v) is 21.4. The number of benzene rings is 4. The first-order chi connectivity index (χ1) is 18.6. The van der Waals surface area contributed by atoms with E-state index < -0.39 is 6.04 Å². The number of hydrogen-bond acceptors (Lipinski definition) is 4. The maximum absolute atomic E-state index is 13.8. The highest BCUT2D eigenvalue weighted by molar-refractivity contribution is 6.30. The van der Waals surface area contributed by atoms with Crippen LogP contribution in [0.5, 0.6) is 11.5 Å². The molecule has 0 aromatic heterocycles. The minimum atomic E-state index is -0.836. The molecule has 2 amide bonds. The van der Waals surface area contributed by atoms with Crippen molar-refractivity contribution < 1.29 is 19.1 Å². The normalized spacial score (nSPS) is 12.6. The van der Waals surface area contributed by atoms with E-state index in [2.05, 4.69) is 5.32 Å². The van der Waals surface area contributed by atoms with Crippen LogP contribution in [-0.2, 0) is 29.1 Å². The van der Waals surface area contributed by atoms with Crippen LogP contribution < -0.4 is 14.8 Å². The highest BCUT2D eigenvalue weighted by atomic mass is 35.5. The molecule has 1 aliphatic heterocycles. The van der Waals surface area contributed by atoms with Crippen molar-refractivity contribution in [1.82, 2.24) is 10.2 Å². The van der Waals surface area contributed by atoms with Gasteiger partial charge < -0.3 is 19.7 Å². The molecule has 38 heavy (non-hydrogen) atoms. The molecule has 7 heteroatoms. The summed E-state index contributed by atoms with van der Waals surface area (Å²) in [4.78, 5) is 29.2. The molecule has 1 unspecified atom stereocenters. The molecule has 192 valence electrons. The average Bonchev–Trinajstić information content (AvgIpc) is 3.42. The van der Waals surface area contributed by atoms with E-state index in [0.29, 0.717) is 16.5 Å². The molecule has 0 aliphatic carbocycles. The molecule has 1 aliphatic rings. The number of ether oxygens (including phenoxy) is 2. The number of amides is 2. The van der Waals surface area contributed by atoms with Gasteiger partial charge in [-0.2, -0.15) is 0 Å². The van der Waals surface area contributed by atoms with Gasteiger partial charge in [0.15, 0.2) is 11.5 Å². The second kappa shape index (κ2) is 11.8. The molecular weight excluding hydrogens is 500 g/mol. The monoisotopic (exact) mass is 526 g/mol. The second-order valence-corrected chi connectivity index (χ2v) is 9.47. The number of rotatable bonds is 9. The minimum absolute atomic E-state index is 0.154. The predicted octanol–water partition coefficient (Wildman–Crippen LogP) is 5.70. The molecule has 4 aromatic carbocycles. The molecule has 1 N–H and O–H groups in total. The van der Waals surface area contributed by atoms with Crippen molar-refractivity contribution in [3.63, 3.8) is 0 Å². The van der Waals surface area contributed by atoms with E-state index in [1.54, 1.807) is 17.0 Å². The van der Waals surface area contributed by atoms with Gasteiger partial charge in [-0.1, -0.05) is 90.5 Å². The first-order valence-electron chi connectivity index (χ1n) is 12.4. The van der Waals surface area contributed by atoms with Crippen molar-refractivity contribution in [2.75, 3.05) is 6.79 Å². The molecule has 1 atom stereocenters. The van der Waals surface area contributed by atoms with Gasteiger partial charge in [-0.15, -0.1) is 0 Å². The van der Waals surface area contributed by atoms with Crippen LogP contribution in [0.4, 0.5) is 0 Å². The summed E-state index contributed by atoms with van der Waals surface area (Å²) in [6, 6.07) is 31.0. The Morgan fingerprint density at radius 2 is 1.45 bits per heavy atom. The highest BCUT2D eigenvalue weighted by Crippen LogP contribution is 2.32. The largest absolute Gasteiger partial charge is 0.454 e. The average molecular weight is 527 g/mol. The summed E-state index contributed by atoms with van der Waals surface area (Å²) in [6.45, 7) is 0.713. The van der Waals surface area contributed by atoms with Gasteiger partial charge in [-0.25, -0.2) is 0 Å². The zero-order valence-electron chi connectivity index (χ0n) is 20.7. The van der Waals surface area contributed by atoms with Crippen LogP contribution in [0.2, 0.25) is 5.02 Å². The summed E-state index contributed by atoms with van der Waals surface area (Å²) in [6.07, 6.45) is 0.174. The fraction of sp³-hybridized carbons (Fsp3) is 0.161. The van der Waals surface area contributed by atoms with E-state index in [9.17, 15) is 9.59 Å². The molecule has 0 saturated heterocycles. The van der Waals surface area contributed by atoms with Crippen molar-refractivity contribution in [1.29, 1.82) is 0 Å². The maximum Gasteiger partial charge on any atom is 0.247 e. The molecule has 6 nitrogen and oxygen atoms in total. The number of nitrogens with one attached hydrogen (secondary N) is 1. The van der Waals surface area contributed by atoms with Crippen LogP contribution in [0.3, 0.4) is 0 Å². The summed E-state index contributed by atoms with van der Waals surface area (Å²) >= 11 is 6.10. The molecular formula is C31H27ClN2O4. The highest BCUT2D eigenvalue weighted by Gasteiger charge is 2.31. The van der Waals surface area contributed by atoms with E-state index in [-0.39, 0.29) is 38.1 Å². The Balaban J connectivity index is 1.44. The number of hydrogen-bond donors (Lipinski definition) is 1. The second-order valence-electron chi connectivity index (χ2n) is 9.03. The Morgan fingerprint density at radius 1 is 0.789 bits per heavy atom. The van der Waals surface area contributed by atoms with Crippen LogP contribution in [-0.4, -0.2) is 23.5 Å². The Morgan fingerprint density at radius 3 is 2.18 bits per heavy atom. The topological polar surface area (TPSA) is 67.9 Å². The Labute approximate surface area is 226 Å². The van der Waals surface area contributed by atoms with Crippen molar-refractivity contribution in [2.24, 2.45) is 0 Å². The summed E-state index contributed by atoms with van der Waals surface area (Å²) in [5.74, 6) is 0.907. The summed E-state index contributed by atoms with van der Waals surface area (Å²) in [5.41, 5.74) is 3.35. The Hall–Kier alpha value is -4.29. The van der Waals surface area contributed by atoms with E-state index in [1.165, 1.54) is 0 Å². The quantitative estimate of drug-likeness (QED) is 0.304. The van der Waals surface area contributed by atoms with Gasteiger partial charge in [-0.05, 0) is 46.5 Å². The molecule has 0 bridgehead atoms. The number of carbonyl (C=O) groups excluding carboxylic acids is 2. The van der Waals surface area contributed by atoms with Crippen LogP contribution in [0.15, 0.2) is 103 Å². The summed E-state index contributed by atoms with van der Waals surface area (Å²) in [7, 11) is 0.